The van der Waals surface area contributed by atoms with Gasteiger partial charge in [-0.15, -0.1) is 0 Å². The molecule has 4 nitrogen and oxygen atoms in total. The lowest BCUT2D eigenvalue weighted by atomic mass is 10.1. The summed E-state index contributed by atoms with van der Waals surface area (Å²) in [7, 11) is 0.841. The van der Waals surface area contributed by atoms with Crippen LogP contribution in [0.3, 0.4) is 0 Å². The molecule has 0 radical (unpaired) electrons. The number of hydrogen-bond acceptors (Lipinski definition) is 2. The van der Waals surface area contributed by atoms with E-state index < -0.39 is 109 Å². The Hall–Kier alpha value is -2.62. The van der Waals surface area contributed by atoms with Crippen molar-refractivity contribution in [1.29, 1.82) is 0 Å². The third kappa shape index (κ3) is 2.97. The molecule has 0 aliphatic heterocycles. The van der Waals surface area contributed by atoms with Gasteiger partial charge < -0.3 is 9.30 Å². The summed E-state index contributed by atoms with van der Waals surface area (Å²) in [4.78, 5) is 17.3. The van der Waals surface area contributed by atoms with E-state index >= 15 is 0 Å². The minimum Gasteiger partial charge on any atom is -0.348 e. The number of aromatic nitrogens is 2. The number of hydrogen-bond donors (Lipinski definition) is 0. The summed E-state index contributed by atoms with van der Waals surface area (Å²) in [6.45, 7) is -9.26. The Morgan fingerprint density at radius 2 is 2.00 bits per heavy atom. The third-order valence-corrected chi connectivity index (χ3v) is 2.89. The van der Waals surface area contributed by atoms with Crippen molar-refractivity contribution in [1.82, 2.24) is 14.3 Å². The van der Waals surface area contributed by atoms with E-state index in [1.807, 2.05) is 0 Å². The van der Waals surface area contributed by atoms with E-state index in [0.717, 1.165) is 7.05 Å². The average molecular weight is 325 g/mol. The van der Waals surface area contributed by atoms with Gasteiger partial charge in [-0.25, -0.2) is 4.98 Å². The Balaban J connectivity index is 2.62. The second-order valence-corrected chi connectivity index (χ2v) is 4.53. The van der Waals surface area contributed by atoms with E-state index in [1.165, 1.54) is 0 Å². The number of rotatable bonds is 3. The smallest absolute Gasteiger partial charge is 0.228 e. The SMILES string of the molecule is [2H]c1c([2H])c(C([2H])([2H])[2H])c([2H])c([2H])c1-c1nc2c([2H])c([2H])c(C([2H])([2H])[2H])c([2H])n2c1C([2H])C(=O)N(C)C([2H])([2H])[2H]. The molecule has 0 fully saturated rings. The summed E-state index contributed by atoms with van der Waals surface area (Å²) >= 11 is 0. The second-order valence-electron chi connectivity index (χ2n) is 4.53. The number of carbonyl (C=O) groups excluding carboxylic acids is 1. The summed E-state index contributed by atoms with van der Waals surface area (Å²) in [5, 5.41) is 0. The zero-order valence-corrected chi connectivity index (χ0v) is 11.8. The minimum absolute atomic E-state index is 0.204. The molecule has 0 saturated heterocycles. The Morgan fingerprint density at radius 1 is 1.26 bits per heavy atom. The molecule has 0 aliphatic rings. The minimum atomic E-state index is -3.14. The maximum atomic E-state index is 13.1. The first-order valence-electron chi connectivity index (χ1n) is 14.9. The third-order valence-electron chi connectivity index (χ3n) is 2.89. The molecule has 0 saturated carbocycles. The summed E-state index contributed by atoms with van der Waals surface area (Å²) in [5.41, 5.74) is -4.81. The molecule has 3 aromatic rings. The molecule has 1 unspecified atom stereocenters. The number of carbonyl (C=O) groups is 1. The highest BCUT2D eigenvalue weighted by Crippen LogP contribution is 2.26. The van der Waals surface area contributed by atoms with Gasteiger partial charge in [-0.2, -0.15) is 0 Å². The Bertz CT molecular complexity index is 1500. The maximum absolute atomic E-state index is 13.1. The Morgan fingerprint density at radius 3 is 2.70 bits per heavy atom. The van der Waals surface area contributed by atoms with Gasteiger partial charge in [-0.05, 0) is 25.3 Å². The molecule has 0 bridgehead atoms. The summed E-state index contributed by atoms with van der Waals surface area (Å²) in [6, 6.07) is -5.78. The van der Waals surface area contributed by atoms with Crippen molar-refractivity contribution in [3.8, 4) is 11.3 Å². The monoisotopic (exact) mass is 324 g/mol. The van der Waals surface area contributed by atoms with E-state index in [4.69, 9.17) is 23.3 Å². The zero-order chi connectivity index (χ0) is 31.0. The molecule has 0 N–H and O–H groups in total. The molecule has 1 amide bonds. The highest BCUT2D eigenvalue weighted by Gasteiger charge is 2.18. The number of pyridine rings is 1. The number of benzene rings is 1. The van der Waals surface area contributed by atoms with Gasteiger partial charge in [0.2, 0.25) is 5.91 Å². The number of fused-ring (bicyclic) bond motifs is 1. The van der Waals surface area contributed by atoms with Crippen LogP contribution in [0.15, 0.2) is 42.4 Å². The molecule has 0 aliphatic carbocycles. The molecule has 118 valence electrons. The first kappa shape index (κ1) is 4.94. The number of likely N-dealkylation sites (N-methyl/N-ethyl adjacent to an activating group) is 1. The van der Waals surface area contributed by atoms with E-state index in [1.54, 1.807) is 0 Å². The van der Waals surface area contributed by atoms with Crippen LogP contribution in [0.2, 0.25) is 0 Å². The average Bonchev–Trinajstić information content (AvgIpc) is 3.18. The standard InChI is InChI=1S/C19H21N3O/c1-13-5-8-15(9-6-13)19-16(11-18(23)21(3)4)22-12-14(2)7-10-17(22)20-19/h5-10,12H,11H2,1-4H3/i1D3,2D3,3D3,5D,6D,7D,8D,9D,10D,11D,12D. The highest BCUT2D eigenvalue weighted by molar-refractivity contribution is 5.81. The normalized spacial score (nSPS) is 24.7. The lowest BCUT2D eigenvalue weighted by Crippen LogP contribution is -2.24. The molecule has 1 aromatic carbocycles. The van der Waals surface area contributed by atoms with E-state index in [-0.39, 0.29) is 4.90 Å². The molecule has 23 heavy (non-hydrogen) atoms. The molecule has 2 aromatic heterocycles. The van der Waals surface area contributed by atoms with Crippen LogP contribution in [0.5, 0.6) is 0 Å². The van der Waals surface area contributed by atoms with Gasteiger partial charge in [0.15, 0.2) is 0 Å². The molecule has 4 heteroatoms. The quantitative estimate of drug-likeness (QED) is 0.742. The van der Waals surface area contributed by atoms with Crippen molar-refractivity contribution >= 4 is 11.6 Å². The van der Waals surface area contributed by atoms with Crippen molar-refractivity contribution in [2.75, 3.05) is 14.0 Å². The number of imidazole rings is 1. The van der Waals surface area contributed by atoms with Gasteiger partial charge in [0.1, 0.15) is 5.65 Å². The van der Waals surface area contributed by atoms with Crippen LogP contribution in [0.4, 0.5) is 0 Å². The number of amides is 1. The van der Waals surface area contributed by atoms with Crippen LogP contribution in [-0.2, 0) is 11.2 Å². The topological polar surface area (TPSA) is 37.6 Å². The fourth-order valence-corrected chi connectivity index (χ4v) is 1.85. The summed E-state index contributed by atoms with van der Waals surface area (Å²) in [5.74, 6) is -1.42. The summed E-state index contributed by atoms with van der Waals surface area (Å²) in [6.07, 6.45) is -3.34. The largest absolute Gasteiger partial charge is 0.348 e. The van der Waals surface area contributed by atoms with Crippen molar-refractivity contribution in [2.45, 2.75) is 20.1 Å². The molecule has 2 heterocycles. The van der Waals surface area contributed by atoms with Gasteiger partial charge in [-0.3, -0.25) is 4.79 Å². The predicted molar refractivity (Wildman–Crippen MR) is 92.5 cm³/mol. The van der Waals surface area contributed by atoms with Gasteiger partial charge in [0, 0.05) is 39.5 Å². The second kappa shape index (κ2) is 5.88. The van der Waals surface area contributed by atoms with Crippen molar-refractivity contribution in [2.24, 2.45) is 0 Å². The molecule has 0 spiro atoms. The van der Waals surface area contributed by atoms with E-state index in [0.29, 0.717) is 4.40 Å². The number of nitrogens with zero attached hydrogens (tertiary/aromatic N) is 3. The Kier molecular flexibility index (Phi) is 1.26. The van der Waals surface area contributed by atoms with Gasteiger partial charge in [0.25, 0.3) is 0 Å². The van der Waals surface area contributed by atoms with E-state index in [9.17, 15) is 4.79 Å². The summed E-state index contributed by atoms with van der Waals surface area (Å²) < 4.78 is 136. The lowest BCUT2D eigenvalue weighted by Gasteiger charge is -2.11. The fraction of sp³-hybridized carbons (Fsp3) is 0.263. The first-order chi connectivity index (χ1) is 18.0. The maximum Gasteiger partial charge on any atom is 0.228 e. The fourth-order valence-electron chi connectivity index (χ4n) is 1.85. The molecular weight excluding hydrogens is 286 g/mol. The van der Waals surface area contributed by atoms with Crippen LogP contribution in [0.1, 0.15) is 40.1 Å². The van der Waals surface area contributed by atoms with Crippen molar-refractivity contribution in [3.63, 3.8) is 0 Å². The molecule has 3 rings (SSSR count). The van der Waals surface area contributed by atoms with Crippen LogP contribution < -0.4 is 0 Å². The van der Waals surface area contributed by atoms with E-state index in [2.05, 4.69) is 4.98 Å². The first-order valence-corrected chi connectivity index (χ1v) is 6.29. The van der Waals surface area contributed by atoms with Gasteiger partial charge >= 0.3 is 0 Å². The lowest BCUT2D eigenvalue weighted by molar-refractivity contribution is -0.128. The van der Waals surface area contributed by atoms with Crippen LogP contribution in [-0.4, -0.2) is 34.2 Å². The van der Waals surface area contributed by atoms with Crippen LogP contribution >= 0.6 is 0 Å². The van der Waals surface area contributed by atoms with Crippen LogP contribution in [0.25, 0.3) is 16.9 Å². The van der Waals surface area contributed by atoms with Gasteiger partial charge in [-0.1, -0.05) is 35.8 Å². The molecular formula is C19H21N3O. The predicted octanol–water partition coefficient (Wildman–Crippen LogP) is 3.25. The highest BCUT2D eigenvalue weighted by atomic mass is 16.2. The molecule has 1 atom stereocenters. The van der Waals surface area contributed by atoms with Crippen LogP contribution in [0, 0.1) is 13.7 Å². The van der Waals surface area contributed by atoms with Gasteiger partial charge in [0.05, 0.1) is 27.4 Å². The zero-order valence-electron chi connectivity index (χ0n) is 28.8. The van der Waals surface area contributed by atoms with Crippen molar-refractivity contribution in [3.05, 3.63) is 59.2 Å². The Labute approximate surface area is 160 Å². The van der Waals surface area contributed by atoms with Crippen molar-refractivity contribution < 1.29 is 28.1 Å².